The third-order valence-electron chi connectivity index (χ3n) is 1.14. The van der Waals surface area contributed by atoms with Crippen molar-refractivity contribution in [2.45, 2.75) is 19.4 Å². The van der Waals surface area contributed by atoms with Gasteiger partial charge in [0.15, 0.2) is 4.87 Å². The fourth-order valence-corrected chi connectivity index (χ4v) is 0.594. The number of nitrogens with zero attached hydrogens (tertiary/aromatic N) is 1. The van der Waals surface area contributed by atoms with E-state index >= 15 is 0 Å². The summed E-state index contributed by atoms with van der Waals surface area (Å²) in [5.41, 5.74) is 1.87. The number of nitroso groups, excluding NO2 is 1. The molecule has 0 aromatic carbocycles. The molecule has 0 bridgehead atoms. The van der Waals surface area contributed by atoms with Crippen molar-refractivity contribution in [3.63, 3.8) is 0 Å². The molecule has 0 rings (SSSR count). The van der Waals surface area contributed by atoms with Gasteiger partial charge in [0, 0.05) is 6.42 Å². The maximum atomic E-state index is 10.7. The maximum absolute atomic E-state index is 10.7. The van der Waals surface area contributed by atoms with Gasteiger partial charge in [0.25, 0.3) is 0 Å². The lowest BCUT2D eigenvalue weighted by molar-refractivity contribution is -0.677. The van der Waals surface area contributed by atoms with Crippen molar-refractivity contribution >= 4 is 5.97 Å². The van der Waals surface area contributed by atoms with Gasteiger partial charge in [0.05, 0.1) is 12.0 Å². The average molecular weight is 163 g/mol. The second-order valence-corrected chi connectivity index (χ2v) is 1.88. The molecule has 1 atom stereocenters. The van der Waals surface area contributed by atoms with Crippen molar-refractivity contribution in [3.8, 4) is 0 Å². The third kappa shape index (κ3) is 2.94. The van der Waals surface area contributed by atoms with E-state index in [1.54, 1.807) is 6.92 Å². The summed E-state index contributed by atoms with van der Waals surface area (Å²) in [4.78, 5) is 25.4. The molecule has 6 nitrogen and oxygen atoms in total. The lowest BCUT2D eigenvalue weighted by Crippen LogP contribution is -2.39. The number of hydrogen-bond acceptors (Lipinski definition) is 3. The van der Waals surface area contributed by atoms with Crippen LogP contribution in [0.25, 0.3) is 0 Å². The van der Waals surface area contributed by atoms with Crippen LogP contribution >= 0.6 is 0 Å². The molecular weight excluding hydrogens is 152 g/mol. The Balaban J connectivity index is 4.03. The molecular formula is C5H11N2O4+. The lowest BCUT2D eigenvalue weighted by Gasteiger charge is -1.99. The van der Waals surface area contributed by atoms with E-state index < -0.39 is 12.0 Å². The molecule has 0 saturated carbocycles. The first kappa shape index (κ1) is 9.83. The Kier molecular flexibility index (Phi) is 4.12. The maximum Gasteiger partial charge on any atom is 0.381 e. The molecule has 6 heteroatoms. The SMILES string of the molecule is CC[C@@H](C(=O)O)[N+](=O)NOC. The minimum Gasteiger partial charge on any atom is -0.476 e. The van der Waals surface area contributed by atoms with E-state index in [-0.39, 0.29) is 11.3 Å². The number of carboxylic acids is 1. The van der Waals surface area contributed by atoms with Gasteiger partial charge in [-0.3, -0.25) is 0 Å². The molecule has 0 heterocycles. The van der Waals surface area contributed by atoms with Crippen LogP contribution in [0.5, 0.6) is 0 Å². The Morgan fingerprint density at radius 1 is 1.82 bits per heavy atom. The van der Waals surface area contributed by atoms with Gasteiger partial charge in [-0.05, 0) is 5.59 Å². The highest BCUT2D eigenvalue weighted by atomic mass is 16.7. The molecule has 0 aliphatic heterocycles. The van der Waals surface area contributed by atoms with Crippen LogP contribution in [0.1, 0.15) is 13.3 Å². The number of nitrogens with one attached hydrogen (secondary N) is 1. The quantitative estimate of drug-likeness (QED) is 0.429. The summed E-state index contributed by atoms with van der Waals surface area (Å²) in [7, 11) is 1.24. The van der Waals surface area contributed by atoms with E-state index in [4.69, 9.17) is 5.11 Å². The van der Waals surface area contributed by atoms with Crippen LogP contribution in [0.4, 0.5) is 0 Å². The lowest BCUT2D eigenvalue weighted by atomic mass is 10.2. The zero-order chi connectivity index (χ0) is 8.85. The highest BCUT2D eigenvalue weighted by Gasteiger charge is 2.32. The Morgan fingerprint density at radius 3 is 2.64 bits per heavy atom. The smallest absolute Gasteiger partial charge is 0.381 e. The van der Waals surface area contributed by atoms with E-state index in [1.807, 2.05) is 5.59 Å². The van der Waals surface area contributed by atoms with Crippen LogP contribution in [-0.2, 0) is 9.63 Å². The van der Waals surface area contributed by atoms with Crippen LogP contribution in [0.2, 0.25) is 0 Å². The largest absolute Gasteiger partial charge is 0.476 e. The Bertz CT molecular complexity index is 159. The molecule has 0 aliphatic carbocycles. The van der Waals surface area contributed by atoms with E-state index in [1.165, 1.54) is 7.11 Å². The Labute approximate surface area is 63.6 Å². The van der Waals surface area contributed by atoms with Crippen molar-refractivity contribution < 1.29 is 19.6 Å². The van der Waals surface area contributed by atoms with Crippen LogP contribution in [0.15, 0.2) is 0 Å². The number of rotatable bonds is 5. The van der Waals surface area contributed by atoms with Gasteiger partial charge in [-0.1, -0.05) is 6.92 Å². The predicted octanol–water partition coefficient (Wildman–Crippen LogP) is -0.306. The van der Waals surface area contributed by atoms with Gasteiger partial charge in [-0.15, -0.1) is 0 Å². The standard InChI is InChI=1S/C5H10N2O4/c1-3-4(5(8)9)7(10)6-11-2/h4H,3H2,1-2H3,(H-,6,8,9,10)/p+1/t4-/m0/s1. The molecule has 0 spiro atoms. The van der Waals surface area contributed by atoms with Crippen LogP contribution in [0, 0.1) is 4.91 Å². The molecule has 0 aromatic heterocycles. The van der Waals surface area contributed by atoms with Gasteiger partial charge in [0.2, 0.25) is 0 Å². The number of aliphatic carboxylic acids is 1. The van der Waals surface area contributed by atoms with E-state index in [0.29, 0.717) is 0 Å². The second kappa shape index (κ2) is 4.62. The first-order valence-corrected chi connectivity index (χ1v) is 3.11. The Hall–Kier alpha value is -1.17. The van der Waals surface area contributed by atoms with Crippen molar-refractivity contribution in [1.29, 1.82) is 0 Å². The average Bonchev–Trinajstić information content (AvgIpc) is 1.88. The third-order valence-corrected chi connectivity index (χ3v) is 1.14. The van der Waals surface area contributed by atoms with E-state index in [9.17, 15) is 9.70 Å². The van der Waals surface area contributed by atoms with Crippen molar-refractivity contribution in [1.82, 2.24) is 5.59 Å². The summed E-state index contributed by atoms with van der Waals surface area (Å²) in [5, 5.41) is 8.43. The summed E-state index contributed by atoms with van der Waals surface area (Å²) in [6, 6.07) is -1.10. The van der Waals surface area contributed by atoms with Gasteiger partial charge in [0.1, 0.15) is 0 Å². The van der Waals surface area contributed by atoms with Crippen molar-refractivity contribution in [3.05, 3.63) is 4.91 Å². The van der Waals surface area contributed by atoms with Crippen LogP contribution in [0.3, 0.4) is 0 Å². The van der Waals surface area contributed by atoms with Gasteiger partial charge in [-0.2, -0.15) is 0 Å². The fraction of sp³-hybridized carbons (Fsp3) is 0.800. The Morgan fingerprint density at radius 2 is 2.36 bits per heavy atom. The molecule has 2 N–H and O–H groups in total. The fourth-order valence-electron chi connectivity index (χ4n) is 0.594. The van der Waals surface area contributed by atoms with Crippen LogP contribution < -0.4 is 5.59 Å². The van der Waals surface area contributed by atoms with E-state index in [0.717, 1.165) is 0 Å². The highest BCUT2D eigenvalue weighted by molar-refractivity contribution is 5.71. The number of hydrogen-bond donors (Lipinski definition) is 2. The molecule has 0 amide bonds. The number of hydrazine groups is 1. The number of carboxylic acid groups (broad SMARTS) is 1. The van der Waals surface area contributed by atoms with Gasteiger partial charge < -0.3 is 5.11 Å². The topological polar surface area (TPSA) is 78.6 Å². The zero-order valence-electron chi connectivity index (χ0n) is 6.40. The van der Waals surface area contributed by atoms with Gasteiger partial charge >= 0.3 is 12.0 Å². The molecule has 0 saturated heterocycles. The normalized spacial score (nSPS) is 12.2. The molecule has 0 fully saturated rings. The summed E-state index contributed by atoms with van der Waals surface area (Å²) in [6.07, 6.45) is 0.217. The predicted molar refractivity (Wildman–Crippen MR) is 35.5 cm³/mol. The molecule has 64 valence electrons. The van der Waals surface area contributed by atoms with Gasteiger partial charge in [-0.25, -0.2) is 9.63 Å². The van der Waals surface area contributed by atoms with E-state index in [2.05, 4.69) is 4.84 Å². The second-order valence-electron chi connectivity index (χ2n) is 1.88. The first-order valence-electron chi connectivity index (χ1n) is 3.11. The minimum atomic E-state index is -1.17. The summed E-state index contributed by atoms with van der Waals surface area (Å²) >= 11 is 0. The highest BCUT2D eigenvalue weighted by Crippen LogP contribution is 1.94. The summed E-state index contributed by atoms with van der Waals surface area (Å²) in [6.45, 7) is 1.60. The summed E-state index contributed by atoms with van der Waals surface area (Å²) < 4.78 is 0. The molecule has 0 radical (unpaired) electrons. The van der Waals surface area contributed by atoms with Crippen molar-refractivity contribution in [2.24, 2.45) is 0 Å². The molecule has 0 unspecified atom stereocenters. The monoisotopic (exact) mass is 163 g/mol. The molecule has 11 heavy (non-hydrogen) atoms. The van der Waals surface area contributed by atoms with Crippen LogP contribution in [-0.4, -0.2) is 29.1 Å². The first-order chi connectivity index (χ1) is 5.13. The minimum absolute atomic E-state index is 0.155. The number of carbonyl (C=O) groups is 1. The molecule has 0 aliphatic rings. The zero-order valence-corrected chi connectivity index (χ0v) is 6.40. The van der Waals surface area contributed by atoms with Crippen molar-refractivity contribution in [2.75, 3.05) is 7.11 Å². The molecule has 0 aromatic rings. The summed E-state index contributed by atoms with van der Waals surface area (Å²) in [5.74, 6) is -1.17.